The van der Waals surface area contributed by atoms with Gasteiger partial charge in [-0.3, -0.25) is 9.89 Å². The van der Waals surface area contributed by atoms with E-state index in [0.717, 1.165) is 16.5 Å². The van der Waals surface area contributed by atoms with Crippen LogP contribution >= 0.6 is 0 Å². The summed E-state index contributed by atoms with van der Waals surface area (Å²) in [4.78, 5) is 25.1. The van der Waals surface area contributed by atoms with Crippen molar-refractivity contribution >= 4 is 28.6 Å². The number of carbonyl (C=O) groups is 2. The number of benzene rings is 1. The molecule has 0 saturated carbocycles. The van der Waals surface area contributed by atoms with Gasteiger partial charge in [0.2, 0.25) is 5.91 Å². The lowest BCUT2D eigenvalue weighted by Gasteiger charge is -2.23. The van der Waals surface area contributed by atoms with Crippen molar-refractivity contribution in [3.8, 4) is 0 Å². The summed E-state index contributed by atoms with van der Waals surface area (Å²) in [5.41, 5.74) is 1.89. The summed E-state index contributed by atoms with van der Waals surface area (Å²) in [6.45, 7) is 5.33. The second-order valence-corrected chi connectivity index (χ2v) is 7.66. The van der Waals surface area contributed by atoms with Crippen LogP contribution in [0.1, 0.15) is 26.3 Å². The first-order valence-corrected chi connectivity index (χ1v) is 9.05. The SMILES string of the molecule is Cn1cc(CC(NC(=O)OC(C)(C)C)C(=O)Nc2cn[nH]c2)c2ccccc21. The molecule has 0 saturated heterocycles. The monoisotopic (exact) mass is 383 g/mol. The Hall–Kier alpha value is -3.29. The van der Waals surface area contributed by atoms with Gasteiger partial charge in [0, 0.05) is 36.8 Å². The average molecular weight is 383 g/mol. The molecule has 1 aromatic carbocycles. The Morgan fingerprint density at radius 1 is 1.29 bits per heavy atom. The van der Waals surface area contributed by atoms with E-state index < -0.39 is 17.7 Å². The first kappa shape index (κ1) is 19.5. The maximum atomic E-state index is 12.8. The number of amides is 2. The van der Waals surface area contributed by atoms with Crippen LogP contribution in [0.3, 0.4) is 0 Å². The number of nitrogens with zero attached hydrogens (tertiary/aromatic N) is 2. The molecule has 8 heteroatoms. The van der Waals surface area contributed by atoms with Gasteiger partial charge in [-0.15, -0.1) is 0 Å². The van der Waals surface area contributed by atoms with E-state index in [1.54, 1.807) is 27.0 Å². The molecule has 2 amide bonds. The van der Waals surface area contributed by atoms with Crippen molar-refractivity contribution in [2.24, 2.45) is 7.05 Å². The summed E-state index contributed by atoms with van der Waals surface area (Å²) in [5.74, 6) is -0.347. The number of para-hydroxylation sites is 1. The maximum absolute atomic E-state index is 12.8. The summed E-state index contributed by atoms with van der Waals surface area (Å²) in [6, 6.07) is 7.13. The first-order valence-electron chi connectivity index (χ1n) is 9.05. The standard InChI is InChI=1S/C20H25N5O3/c1-20(2,3)28-19(27)24-16(18(26)23-14-10-21-22-11-14)9-13-12-25(4)17-8-6-5-7-15(13)17/h5-8,10-12,16H,9H2,1-4H3,(H,21,22)(H,23,26)(H,24,27). The molecule has 2 aromatic heterocycles. The number of hydrogen-bond acceptors (Lipinski definition) is 4. The van der Waals surface area contributed by atoms with Crippen LogP contribution in [0.5, 0.6) is 0 Å². The molecular formula is C20H25N5O3. The number of fused-ring (bicyclic) bond motifs is 1. The van der Waals surface area contributed by atoms with Gasteiger partial charge in [-0.1, -0.05) is 18.2 Å². The molecule has 28 heavy (non-hydrogen) atoms. The van der Waals surface area contributed by atoms with Gasteiger partial charge >= 0.3 is 6.09 Å². The predicted octanol–water partition coefficient (Wildman–Crippen LogP) is 2.98. The molecule has 2 heterocycles. The molecule has 1 unspecified atom stereocenters. The molecule has 0 fully saturated rings. The topological polar surface area (TPSA) is 101 Å². The van der Waals surface area contributed by atoms with Gasteiger partial charge in [0.05, 0.1) is 11.9 Å². The van der Waals surface area contributed by atoms with E-state index in [9.17, 15) is 9.59 Å². The third-order valence-corrected chi connectivity index (χ3v) is 4.18. The van der Waals surface area contributed by atoms with Crippen molar-refractivity contribution in [2.45, 2.75) is 38.8 Å². The first-order chi connectivity index (χ1) is 13.2. The number of rotatable bonds is 5. The Kier molecular flexibility index (Phi) is 5.39. The van der Waals surface area contributed by atoms with E-state index in [1.807, 2.05) is 42.1 Å². The maximum Gasteiger partial charge on any atom is 0.408 e. The minimum Gasteiger partial charge on any atom is -0.444 e. The minimum atomic E-state index is -0.810. The van der Waals surface area contributed by atoms with Crippen molar-refractivity contribution in [2.75, 3.05) is 5.32 Å². The van der Waals surface area contributed by atoms with Crippen LogP contribution in [0, 0.1) is 0 Å². The van der Waals surface area contributed by atoms with E-state index in [-0.39, 0.29) is 5.91 Å². The van der Waals surface area contributed by atoms with Gasteiger partial charge in [0.25, 0.3) is 0 Å². The molecule has 0 aliphatic heterocycles. The van der Waals surface area contributed by atoms with E-state index in [0.29, 0.717) is 12.1 Å². The number of alkyl carbamates (subject to hydrolysis) is 1. The van der Waals surface area contributed by atoms with Crippen molar-refractivity contribution in [3.05, 3.63) is 48.4 Å². The Bertz CT molecular complexity index is 970. The third kappa shape index (κ3) is 4.70. The molecule has 3 aromatic rings. The lowest BCUT2D eigenvalue weighted by Crippen LogP contribution is -2.47. The number of aromatic nitrogens is 3. The number of ether oxygens (including phenoxy) is 1. The van der Waals surface area contributed by atoms with Crippen LogP contribution in [0.15, 0.2) is 42.9 Å². The molecule has 1 atom stereocenters. The number of H-pyrrole nitrogens is 1. The van der Waals surface area contributed by atoms with Crippen molar-refractivity contribution in [1.29, 1.82) is 0 Å². The fourth-order valence-electron chi connectivity index (χ4n) is 3.02. The number of aryl methyl sites for hydroxylation is 1. The lowest BCUT2D eigenvalue weighted by atomic mass is 10.0. The predicted molar refractivity (Wildman–Crippen MR) is 107 cm³/mol. The molecule has 3 N–H and O–H groups in total. The minimum absolute atomic E-state index is 0.324. The summed E-state index contributed by atoms with van der Waals surface area (Å²) in [6.07, 6.45) is 4.73. The molecular weight excluding hydrogens is 358 g/mol. The van der Waals surface area contributed by atoms with E-state index in [4.69, 9.17) is 4.74 Å². The quantitative estimate of drug-likeness (QED) is 0.630. The Morgan fingerprint density at radius 3 is 2.71 bits per heavy atom. The van der Waals surface area contributed by atoms with Crippen LogP contribution in [-0.2, 0) is 23.0 Å². The molecule has 0 spiro atoms. The highest BCUT2D eigenvalue weighted by Gasteiger charge is 2.26. The summed E-state index contributed by atoms with van der Waals surface area (Å²) in [7, 11) is 1.95. The molecule has 0 aliphatic rings. The number of carbonyl (C=O) groups excluding carboxylic acids is 2. The van der Waals surface area contributed by atoms with Gasteiger partial charge in [-0.2, -0.15) is 5.10 Å². The zero-order valence-electron chi connectivity index (χ0n) is 16.4. The highest BCUT2D eigenvalue weighted by molar-refractivity contribution is 5.97. The Labute approximate surface area is 163 Å². The van der Waals surface area contributed by atoms with Gasteiger partial charge in [-0.05, 0) is 32.4 Å². The van der Waals surface area contributed by atoms with Gasteiger partial charge < -0.3 is 19.9 Å². The largest absolute Gasteiger partial charge is 0.444 e. The van der Waals surface area contributed by atoms with Crippen molar-refractivity contribution in [3.63, 3.8) is 0 Å². The van der Waals surface area contributed by atoms with E-state index in [1.165, 1.54) is 6.20 Å². The van der Waals surface area contributed by atoms with Crippen LogP contribution < -0.4 is 10.6 Å². The van der Waals surface area contributed by atoms with Crippen molar-refractivity contribution < 1.29 is 14.3 Å². The number of aromatic amines is 1. The Balaban J connectivity index is 1.84. The highest BCUT2D eigenvalue weighted by atomic mass is 16.6. The molecule has 148 valence electrons. The number of hydrogen-bond donors (Lipinski definition) is 3. The van der Waals surface area contributed by atoms with Crippen molar-refractivity contribution in [1.82, 2.24) is 20.1 Å². The fraction of sp³-hybridized carbons (Fsp3) is 0.350. The third-order valence-electron chi connectivity index (χ3n) is 4.18. The summed E-state index contributed by atoms with van der Waals surface area (Å²) >= 11 is 0. The van der Waals surface area contributed by atoms with Gasteiger partial charge in [0.1, 0.15) is 11.6 Å². The average Bonchev–Trinajstić information content (AvgIpc) is 3.21. The van der Waals surface area contributed by atoms with Crippen LogP contribution in [-0.4, -0.2) is 38.4 Å². The smallest absolute Gasteiger partial charge is 0.408 e. The van der Waals surface area contributed by atoms with Crippen LogP contribution in [0.2, 0.25) is 0 Å². The summed E-state index contributed by atoms with van der Waals surface area (Å²) in [5, 5.41) is 12.9. The zero-order chi connectivity index (χ0) is 20.3. The fourth-order valence-corrected chi connectivity index (χ4v) is 3.02. The summed E-state index contributed by atoms with van der Waals surface area (Å²) < 4.78 is 7.33. The zero-order valence-corrected chi connectivity index (χ0v) is 16.4. The Morgan fingerprint density at radius 2 is 2.04 bits per heavy atom. The number of anilines is 1. The van der Waals surface area contributed by atoms with E-state index >= 15 is 0 Å². The lowest BCUT2D eigenvalue weighted by molar-refractivity contribution is -0.118. The molecule has 0 aliphatic carbocycles. The highest BCUT2D eigenvalue weighted by Crippen LogP contribution is 2.22. The number of nitrogens with one attached hydrogen (secondary N) is 3. The van der Waals surface area contributed by atoms with Crippen LogP contribution in [0.4, 0.5) is 10.5 Å². The van der Waals surface area contributed by atoms with E-state index in [2.05, 4.69) is 20.8 Å². The van der Waals surface area contributed by atoms with Gasteiger partial charge in [-0.25, -0.2) is 4.79 Å². The molecule has 0 bridgehead atoms. The second-order valence-electron chi connectivity index (χ2n) is 7.66. The second kappa shape index (κ2) is 7.75. The molecule has 3 rings (SSSR count). The molecule has 8 nitrogen and oxygen atoms in total. The normalized spacial score (nSPS) is 12.6. The van der Waals surface area contributed by atoms with Gasteiger partial charge in [0.15, 0.2) is 0 Å². The molecule has 0 radical (unpaired) electrons. The van der Waals surface area contributed by atoms with Crippen LogP contribution in [0.25, 0.3) is 10.9 Å².